The second-order valence-corrected chi connectivity index (χ2v) is 10.7. The second-order valence-electron chi connectivity index (χ2n) is 10.7. The van der Waals surface area contributed by atoms with E-state index in [0.717, 1.165) is 30.5 Å². The summed E-state index contributed by atoms with van der Waals surface area (Å²) in [7, 11) is 1.47. The van der Waals surface area contributed by atoms with E-state index in [1.165, 1.54) is 74.5 Å². The average molecular weight is 458 g/mol. The maximum atomic E-state index is 12.6. The summed E-state index contributed by atoms with van der Waals surface area (Å²) in [5.41, 5.74) is 6.25. The van der Waals surface area contributed by atoms with Crippen LogP contribution in [0.25, 0.3) is 11.0 Å². The summed E-state index contributed by atoms with van der Waals surface area (Å²) >= 11 is 0. The average Bonchev–Trinajstić information content (AvgIpc) is 3.21. The number of benzene rings is 2. The summed E-state index contributed by atoms with van der Waals surface area (Å²) in [4.78, 5) is 19.8. The molecule has 2 saturated carbocycles. The third-order valence-corrected chi connectivity index (χ3v) is 8.89. The highest BCUT2D eigenvalue weighted by atomic mass is 16.5. The Morgan fingerprint density at radius 3 is 2.56 bits per heavy atom. The smallest absolute Gasteiger partial charge is 0.414 e. The van der Waals surface area contributed by atoms with E-state index in [2.05, 4.69) is 54.0 Å². The van der Waals surface area contributed by atoms with Gasteiger partial charge in [-0.25, -0.2) is 9.78 Å². The van der Waals surface area contributed by atoms with Crippen molar-refractivity contribution in [1.29, 1.82) is 0 Å². The van der Waals surface area contributed by atoms with Crippen LogP contribution < -0.4 is 4.90 Å². The van der Waals surface area contributed by atoms with E-state index >= 15 is 0 Å². The number of methoxy groups -OCH3 is 1. The lowest BCUT2D eigenvalue weighted by Crippen LogP contribution is -2.43. The van der Waals surface area contributed by atoms with Crippen LogP contribution in [0.4, 0.5) is 10.5 Å². The Morgan fingerprint density at radius 2 is 1.85 bits per heavy atom. The fourth-order valence-corrected chi connectivity index (χ4v) is 7.00. The van der Waals surface area contributed by atoms with Gasteiger partial charge in [-0.3, -0.25) is 4.90 Å². The van der Waals surface area contributed by atoms with Crippen molar-refractivity contribution in [2.75, 3.05) is 12.0 Å². The molecule has 2 atom stereocenters. The van der Waals surface area contributed by atoms with Crippen LogP contribution in [0.2, 0.25) is 0 Å². The number of aryl methyl sites for hydroxylation is 1. The Kier molecular flexibility index (Phi) is 5.39. The molecule has 0 bridgehead atoms. The van der Waals surface area contributed by atoms with Crippen LogP contribution in [-0.2, 0) is 17.6 Å². The molecule has 1 amide bonds. The van der Waals surface area contributed by atoms with Crippen LogP contribution in [0.1, 0.15) is 81.3 Å². The van der Waals surface area contributed by atoms with Crippen molar-refractivity contribution in [3.63, 3.8) is 0 Å². The van der Waals surface area contributed by atoms with Crippen LogP contribution in [-0.4, -0.2) is 28.8 Å². The van der Waals surface area contributed by atoms with Gasteiger partial charge in [0.25, 0.3) is 0 Å². The normalized spacial score (nSPS) is 23.5. The number of carbonyl (C=O) groups excluding carboxylic acids is 1. The first-order chi connectivity index (χ1) is 16.6. The number of carbonyl (C=O) groups is 1. The Labute approximate surface area is 202 Å². The number of amides is 1. The van der Waals surface area contributed by atoms with E-state index in [9.17, 15) is 4.79 Å². The molecule has 3 aliphatic rings. The number of anilines is 1. The highest BCUT2D eigenvalue weighted by Crippen LogP contribution is 2.59. The van der Waals surface area contributed by atoms with E-state index in [-0.39, 0.29) is 12.1 Å². The van der Waals surface area contributed by atoms with Crippen LogP contribution in [0.3, 0.4) is 0 Å². The Hall–Kier alpha value is -2.82. The Bertz CT molecular complexity index is 1210. The number of ether oxygens (including phenoxy) is 1. The molecule has 1 aliphatic heterocycles. The molecule has 3 aromatic rings. The van der Waals surface area contributed by atoms with Gasteiger partial charge in [0, 0.05) is 24.1 Å². The van der Waals surface area contributed by atoms with Gasteiger partial charge >= 0.3 is 6.09 Å². The van der Waals surface area contributed by atoms with Crippen molar-refractivity contribution in [1.82, 2.24) is 9.55 Å². The molecule has 0 N–H and O–H groups in total. The summed E-state index contributed by atoms with van der Waals surface area (Å²) < 4.78 is 7.75. The molecule has 34 heavy (non-hydrogen) atoms. The largest absolute Gasteiger partial charge is 0.452 e. The molecule has 2 aliphatic carbocycles. The fraction of sp³-hybridized carbons (Fsp3) is 0.517. The first-order valence-electron chi connectivity index (χ1n) is 13.0. The van der Waals surface area contributed by atoms with Crippen molar-refractivity contribution in [2.24, 2.45) is 5.41 Å². The minimum absolute atomic E-state index is 0.125. The summed E-state index contributed by atoms with van der Waals surface area (Å²) in [6.45, 7) is 2.10. The van der Waals surface area contributed by atoms with Crippen molar-refractivity contribution in [2.45, 2.75) is 83.2 Å². The van der Waals surface area contributed by atoms with Crippen molar-refractivity contribution < 1.29 is 9.53 Å². The van der Waals surface area contributed by atoms with Crippen LogP contribution in [0, 0.1) is 5.41 Å². The third-order valence-electron chi connectivity index (χ3n) is 8.89. The van der Waals surface area contributed by atoms with Gasteiger partial charge in [-0.1, -0.05) is 49.6 Å². The van der Waals surface area contributed by atoms with Crippen LogP contribution in [0.15, 0.2) is 42.5 Å². The molecular weight excluding hydrogens is 422 g/mol. The number of nitrogens with zero attached hydrogens (tertiary/aromatic N) is 3. The number of hydrogen-bond donors (Lipinski definition) is 0. The van der Waals surface area contributed by atoms with Crippen LogP contribution >= 0.6 is 0 Å². The zero-order chi connectivity index (χ0) is 23.3. The lowest BCUT2D eigenvalue weighted by Gasteiger charge is -2.53. The summed E-state index contributed by atoms with van der Waals surface area (Å²) in [6.07, 6.45) is 11.8. The zero-order valence-electron chi connectivity index (χ0n) is 20.4. The van der Waals surface area contributed by atoms with E-state index in [1.807, 2.05) is 4.90 Å². The molecule has 2 heterocycles. The summed E-state index contributed by atoms with van der Waals surface area (Å²) in [5, 5.41) is 0. The SMILES string of the molecule is COC(=O)N1c2ccc3c(nc(Cc4ccccc4)n3C3CCC34CCCCC4)c2CC[C@@H]1C. The van der Waals surface area contributed by atoms with Crippen molar-refractivity contribution in [3.05, 3.63) is 59.4 Å². The molecule has 0 saturated heterocycles. The molecule has 2 aromatic carbocycles. The molecule has 0 radical (unpaired) electrons. The first-order valence-corrected chi connectivity index (χ1v) is 13.0. The molecule has 5 nitrogen and oxygen atoms in total. The molecule has 1 aromatic heterocycles. The number of fused-ring (bicyclic) bond motifs is 3. The van der Waals surface area contributed by atoms with Gasteiger partial charge in [-0.05, 0) is 68.6 Å². The van der Waals surface area contributed by atoms with Gasteiger partial charge in [0.15, 0.2) is 0 Å². The maximum absolute atomic E-state index is 12.6. The van der Waals surface area contributed by atoms with E-state index in [1.54, 1.807) is 0 Å². The standard InChI is InChI=1S/C29H35N3O2/c1-20-11-12-22-23(31(20)28(33)34-2)13-14-24-27(22)30-26(19-21-9-5-3-6-10-21)32(24)25-15-18-29(25)16-7-4-8-17-29/h3,5-6,9-10,13-14,20,25H,4,7-8,11-12,15-19H2,1-2H3/t20-,25?/m0/s1. The quantitative estimate of drug-likeness (QED) is 0.433. The molecular formula is C29H35N3O2. The molecule has 5 heteroatoms. The first kappa shape index (κ1) is 21.7. The summed E-state index contributed by atoms with van der Waals surface area (Å²) in [5.74, 6) is 1.17. The van der Waals surface area contributed by atoms with Crippen LogP contribution in [0.5, 0.6) is 0 Å². The Morgan fingerprint density at radius 1 is 1.06 bits per heavy atom. The van der Waals surface area contributed by atoms with E-state index < -0.39 is 0 Å². The number of aromatic nitrogens is 2. The monoisotopic (exact) mass is 457 g/mol. The van der Waals surface area contributed by atoms with Gasteiger partial charge in [0.2, 0.25) is 0 Å². The van der Waals surface area contributed by atoms with Gasteiger partial charge in [0.1, 0.15) is 5.82 Å². The lowest BCUT2D eigenvalue weighted by molar-refractivity contribution is 0.00159. The van der Waals surface area contributed by atoms with Crippen molar-refractivity contribution >= 4 is 22.8 Å². The number of rotatable bonds is 3. The van der Waals surface area contributed by atoms with Gasteiger partial charge in [-0.15, -0.1) is 0 Å². The highest BCUT2D eigenvalue weighted by molar-refractivity contribution is 5.95. The minimum atomic E-state index is -0.281. The third kappa shape index (κ3) is 3.35. The Balaban J connectivity index is 1.51. The molecule has 1 spiro atoms. The van der Waals surface area contributed by atoms with Gasteiger partial charge in [0.05, 0.1) is 23.8 Å². The topological polar surface area (TPSA) is 47.4 Å². The highest BCUT2D eigenvalue weighted by Gasteiger charge is 2.49. The predicted molar refractivity (Wildman–Crippen MR) is 135 cm³/mol. The second kappa shape index (κ2) is 8.44. The number of hydrogen-bond acceptors (Lipinski definition) is 3. The van der Waals surface area contributed by atoms with Crippen molar-refractivity contribution in [3.8, 4) is 0 Å². The molecule has 2 fully saturated rings. The maximum Gasteiger partial charge on any atom is 0.414 e. The fourth-order valence-electron chi connectivity index (χ4n) is 7.00. The van der Waals surface area contributed by atoms with Gasteiger partial charge in [-0.2, -0.15) is 0 Å². The molecule has 178 valence electrons. The van der Waals surface area contributed by atoms with E-state index in [4.69, 9.17) is 9.72 Å². The number of imidazole rings is 1. The molecule has 6 rings (SSSR count). The summed E-state index contributed by atoms with van der Waals surface area (Å²) in [6, 6.07) is 15.7. The lowest BCUT2D eigenvalue weighted by atomic mass is 9.57. The molecule has 1 unspecified atom stereocenters. The van der Waals surface area contributed by atoms with E-state index in [0.29, 0.717) is 11.5 Å². The minimum Gasteiger partial charge on any atom is -0.452 e. The van der Waals surface area contributed by atoms with Gasteiger partial charge < -0.3 is 9.30 Å². The predicted octanol–water partition coefficient (Wildman–Crippen LogP) is 6.82. The zero-order valence-corrected chi connectivity index (χ0v) is 20.4.